The second kappa shape index (κ2) is 6.03. The minimum Gasteiger partial charge on any atom is -0.349 e. The Labute approximate surface area is 129 Å². The molecule has 1 aromatic heterocycles. The van der Waals surface area contributed by atoms with Gasteiger partial charge >= 0.3 is 6.03 Å². The third-order valence-electron chi connectivity index (χ3n) is 3.46. The number of fused-ring (bicyclic) bond motifs is 1. The van der Waals surface area contributed by atoms with Crippen molar-refractivity contribution < 1.29 is 18.8 Å². The summed E-state index contributed by atoms with van der Waals surface area (Å²) in [5, 5.41) is 7.18. The Hall–Kier alpha value is -2.97. The molecule has 0 unspecified atom stereocenters. The fraction of sp³-hybridized carbons (Fsp3) is 0.286. The van der Waals surface area contributed by atoms with Gasteiger partial charge in [-0.3, -0.25) is 14.9 Å². The van der Waals surface area contributed by atoms with Gasteiger partial charge in [-0.1, -0.05) is 0 Å². The molecule has 3 rings (SSSR count). The number of carbonyl (C=O) groups excluding carboxylic acids is 3. The van der Waals surface area contributed by atoms with Crippen molar-refractivity contribution in [1.29, 1.82) is 0 Å². The molecule has 0 spiro atoms. The summed E-state index contributed by atoms with van der Waals surface area (Å²) in [6.07, 6.45) is 0.308. The average molecular weight is 319 g/mol. The van der Waals surface area contributed by atoms with E-state index < -0.39 is 18.0 Å². The van der Waals surface area contributed by atoms with Crippen LogP contribution < -0.4 is 16.0 Å². The monoisotopic (exact) mass is 319 g/mol. The van der Waals surface area contributed by atoms with Gasteiger partial charge in [0, 0.05) is 6.42 Å². The van der Waals surface area contributed by atoms with Crippen molar-refractivity contribution in [2.24, 2.45) is 0 Å². The van der Waals surface area contributed by atoms with Crippen LogP contribution in [0.25, 0.3) is 11.0 Å². The van der Waals surface area contributed by atoms with Crippen LogP contribution in [0.4, 0.5) is 9.18 Å². The van der Waals surface area contributed by atoms with E-state index in [2.05, 4.69) is 25.9 Å². The molecule has 0 bridgehead atoms. The number of rotatable bonds is 5. The summed E-state index contributed by atoms with van der Waals surface area (Å²) >= 11 is 0. The SMILES string of the molecule is O=C(CC[C@@H]1NC(=O)NC1=O)NCc1nc2ccc(F)cc2[nH]1. The highest BCUT2D eigenvalue weighted by molar-refractivity contribution is 6.04. The van der Waals surface area contributed by atoms with Crippen molar-refractivity contribution in [2.75, 3.05) is 0 Å². The Bertz CT molecular complexity index is 788. The largest absolute Gasteiger partial charge is 0.349 e. The number of hydrogen-bond acceptors (Lipinski definition) is 4. The topological polar surface area (TPSA) is 116 Å². The van der Waals surface area contributed by atoms with E-state index in [0.29, 0.717) is 16.9 Å². The van der Waals surface area contributed by atoms with Crippen molar-refractivity contribution in [3.05, 3.63) is 29.8 Å². The summed E-state index contributed by atoms with van der Waals surface area (Å²) in [6, 6.07) is 2.97. The van der Waals surface area contributed by atoms with Crippen LogP contribution in [-0.2, 0) is 16.1 Å². The molecule has 4 amide bonds. The summed E-state index contributed by atoms with van der Waals surface area (Å²) in [6.45, 7) is 0.165. The van der Waals surface area contributed by atoms with Crippen LogP contribution in [-0.4, -0.2) is 33.9 Å². The van der Waals surface area contributed by atoms with Crippen LogP contribution >= 0.6 is 0 Å². The van der Waals surface area contributed by atoms with Crippen molar-refractivity contribution in [2.45, 2.75) is 25.4 Å². The summed E-state index contributed by atoms with van der Waals surface area (Å²) in [7, 11) is 0. The molecule has 8 nitrogen and oxygen atoms in total. The third kappa shape index (κ3) is 3.44. The lowest BCUT2D eigenvalue weighted by molar-refractivity contribution is -0.122. The first-order valence-electron chi connectivity index (χ1n) is 7.03. The van der Waals surface area contributed by atoms with E-state index >= 15 is 0 Å². The number of carbonyl (C=O) groups is 3. The molecule has 1 saturated heterocycles. The number of H-pyrrole nitrogens is 1. The van der Waals surface area contributed by atoms with Crippen molar-refractivity contribution in [1.82, 2.24) is 25.9 Å². The molecule has 9 heteroatoms. The van der Waals surface area contributed by atoms with E-state index in [1.165, 1.54) is 12.1 Å². The van der Waals surface area contributed by atoms with Crippen molar-refractivity contribution >= 4 is 28.9 Å². The number of imidazole rings is 1. The highest BCUT2D eigenvalue weighted by Gasteiger charge is 2.29. The molecule has 0 saturated carbocycles. The van der Waals surface area contributed by atoms with Crippen molar-refractivity contribution in [3.8, 4) is 0 Å². The lowest BCUT2D eigenvalue weighted by Crippen LogP contribution is -2.31. The minimum absolute atomic E-state index is 0.0905. The number of nitrogens with zero attached hydrogens (tertiary/aromatic N) is 1. The normalized spacial score (nSPS) is 17.2. The maximum atomic E-state index is 13.1. The quantitative estimate of drug-likeness (QED) is 0.593. The van der Waals surface area contributed by atoms with Crippen LogP contribution in [0.1, 0.15) is 18.7 Å². The zero-order valence-corrected chi connectivity index (χ0v) is 12.0. The molecule has 2 heterocycles. The molecule has 0 radical (unpaired) electrons. The summed E-state index contributed by atoms with van der Waals surface area (Å²) in [5.41, 5.74) is 1.17. The fourth-order valence-corrected chi connectivity index (χ4v) is 2.33. The molecule has 1 aromatic carbocycles. The first-order chi connectivity index (χ1) is 11.0. The molecular weight excluding hydrogens is 305 g/mol. The molecule has 1 fully saturated rings. The first kappa shape index (κ1) is 14.9. The summed E-state index contributed by atoms with van der Waals surface area (Å²) in [4.78, 5) is 41.2. The van der Waals surface area contributed by atoms with Gasteiger partial charge in [0.2, 0.25) is 5.91 Å². The Morgan fingerprint density at radius 1 is 1.35 bits per heavy atom. The fourth-order valence-electron chi connectivity index (χ4n) is 2.33. The number of aromatic amines is 1. The van der Waals surface area contributed by atoms with Gasteiger partial charge in [0.15, 0.2) is 0 Å². The number of aromatic nitrogens is 2. The van der Waals surface area contributed by atoms with Crippen LogP contribution in [0.5, 0.6) is 0 Å². The van der Waals surface area contributed by atoms with E-state index in [0.717, 1.165) is 0 Å². The molecule has 23 heavy (non-hydrogen) atoms. The number of nitrogens with one attached hydrogen (secondary N) is 4. The maximum absolute atomic E-state index is 13.1. The Kier molecular flexibility index (Phi) is 3.92. The number of urea groups is 1. The summed E-state index contributed by atoms with van der Waals surface area (Å²) in [5.74, 6) is -0.563. The predicted octanol–water partition coefficient (Wildman–Crippen LogP) is 0.306. The lowest BCUT2D eigenvalue weighted by Gasteiger charge is -2.07. The Balaban J connectivity index is 1.50. The number of amides is 4. The van der Waals surface area contributed by atoms with Gasteiger partial charge in [0.05, 0.1) is 17.6 Å². The molecule has 1 aliphatic rings. The number of halogens is 1. The standard InChI is InChI=1S/C14H14FN5O3/c15-7-1-2-8-10(5-7)18-11(17-8)6-16-12(21)4-3-9-13(22)20-14(23)19-9/h1-2,5,9H,3-4,6H2,(H,16,21)(H,17,18)(H2,19,20,22,23)/t9-/m0/s1. The van der Waals surface area contributed by atoms with Gasteiger partial charge in [-0.15, -0.1) is 0 Å². The first-order valence-corrected chi connectivity index (χ1v) is 7.03. The lowest BCUT2D eigenvalue weighted by atomic mass is 10.1. The molecule has 4 N–H and O–H groups in total. The van der Waals surface area contributed by atoms with E-state index in [1.54, 1.807) is 6.07 Å². The van der Waals surface area contributed by atoms with Crippen LogP contribution in [0.15, 0.2) is 18.2 Å². The molecular formula is C14H14FN5O3. The predicted molar refractivity (Wildman–Crippen MR) is 77.6 cm³/mol. The van der Waals surface area contributed by atoms with Gasteiger partial charge in [0.25, 0.3) is 5.91 Å². The Morgan fingerprint density at radius 3 is 2.91 bits per heavy atom. The second-order valence-corrected chi connectivity index (χ2v) is 5.18. The molecule has 1 atom stereocenters. The van der Waals surface area contributed by atoms with E-state index in [4.69, 9.17) is 0 Å². The van der Waals surface area contributed by atoms with Gasteiger partial charge in [0.1, 0.15) is 17.7 Å². The smallest absolute Gasteiger partial charge is 0.322 e. The molecule has 0 aliphatic carbocycles. The zero-order chi connectivity index (χ0) is 16.4. The summed E-state index contributed by atoms with van der Waals surface area (Å²) < 4.78 is 13.1. The van der Waals surface area contributed by atoms with Gasteiger partial charge in [-0.2, -0.15) is 0 Å². The highest BCUT2D eigenvalue weighted by atomic mass is 19.1. The van der Waals surface area contributed by atoms with Crippen molar-refractivity contribution in [3.63, 3.8) is 0 Å². The van der Waals surface area contributed by atoms with Crippen LogP contribution in [0.2, 0.25) is 0 Å². The van der Waals surface area contributed by atoms with Gasteiger partial charge in [-0.25, -0.2) is 14.2 Å². The van der Waals surface area contributed by atoms with E-state index in [-0.39, 0.29) is 31.1 Å². The van der Waals surface area contributed by atoms with E-state index in [9.17, 15) is 18.8 Å². The van der Waals surface area contributed by atoms with Crippen LogP contribution in [0, 0.1) is 5.82 Å². The molecule has 120 valence electrons. The Morgan fingerprint density at radius 2 is 2.17 bits per heavy atom. The van der Waals surface area contributed by atoms with Gasteiger partial charge < -0.3 is 15.6 Å². The second-order valence-electron chi connectivity index (χ2n) is 5.18. The minimum atomic E-state index is -0.678. The molecule has 2 aromatic rings. The number of imide groups is 1. The maximum Gasteiger partial charge on any atom is 0.322 e. The third-order valence-corrected chi connectivity index (χ3v) is 3.46. The molecule has 1 aliphatic heterocycles. The highest BCUT2D eigenvalue weighted by Crippen LogP contribution is 2.12. The van der Waals surface area contributed by atoms with Crippen LogP contribution in [0.3, 0.4) is 0 Å². The number of hydrogen-bond donors (Lipinski definition) is 4. The van der Waals surface area contributed by atoms with Gasteiger partial charge in [-0.05, 0) is 24.6 Å². The average Bonchev–Trinajstić information content (AvgIpc) is 3.04. The number of benzene rings is 1. The van der Waals surface area contributed by atoms with E-state index in [1.807, 2.05) is 0 Å². The zero-order valence-electron chi connectivity index (χ0n) is 12.0.